The van der Waals surface area contributed by atoms with E-state index in [0.29, 0.717) is 18.9 Å². The molecule has 0 saturated carbocycles. The number of aromatic nitrogens is 1. The highest BCUT2D eigenvalue weighted by Gasteiger charge is 2.42. The number of amides is 1. The normalized spacial score (nSPS) is 21.0. The summed E-state index contributed by atoms with van der Waals surface area (Å²) in [4.78, 5) is 29.4. The van der Waals surface area contributed by atoms with Crippen molar-refractivity contribution >= 4 is 11.9 Å². The molecule has 0 unspecified atom stereocenters. The van der Waals surface area contributed by atoms with Crippen molar-refractivity contribution in [2.24, 2.45) is 5.41 Å². The maximum Gasteiger partial charge on any atom is 0.311 e. The van der Waals surface area contributed by atoms with Crippen LogP contribution in [0.5, 0.6) is 0 Å². The lowest BCUT2D eigenvalue weighted by atomic mass is 9.90. The molecule has 0 aliphatic carbocycles. The van der Waals surface area contributed by atoms with Gasteiger partial charge in [-0.1, -0.05) is 18.2 Å². The standard InChI is InChI=1S/C16H16N2O4/c1-16(15(20)21)7-8-18(10-16)14(19)12-9-22-13(17-12)11-5-3-2-4-6-11/h2-6,9H,7-8,10H2,1H3,(H,20,21)/t16-/m0/s1. The smallest absolute Gasteiger partial charge is 0.311 e. The fourth-order valence-corrected chi connectivity index (χ4v) is 2.56. The molecule has 114 valence electrons. The third-order valence-electron chi connectivity index (χ3n) is 4.02. The Morgan fingerprint density at radius 1 is 1.32 bits per heavy atom. The average Bonchev–Trinajstić information content (AvgIpc) is 3.15. The summed E-state index contributed by atoms with van der Waals surface area (Å²) in [5.41, 5.74) is 0.105. The quantitative estimate of drug-likeness (QED) is 0.940. The molecule has 1 aliphatic rings. The Kier molecular flexibility index (Phi) is 3.44. The second-order valence-corrected chi connectivity index (χ2v) is 5.75. The number of aliphatic carboxylic acids is 1. The number of rotatable bonds is 3. The Balaban J connectivity index is 1.77. The molecule has 1 amide bonds. The van der Waals surface area contributed by atoms with Crippen LogP contribution < -0.4 is 0 Å². The number of carboxylic acids is 1. The Labute approximate surface area is 127 Å². The summed E-state index contributed by atoms with van der Waals surface area (Å²) >= 11 is 0. The molecular formula is C16H16N2O4. The van der Waals surface area contributed by atoms with Gasteiger partial charge in [0.15, 0.2) is 5.69 Å². The molecule has 1 N–H and O–H groups in total. The van der Waals surface area contributed by atoms with Crippen LogP contribution in [0.15, 0.2) is 41.0 Å². The predicted molar refractivity (Wildman–Crippen MR) is 78.2 cm³/mol. The Bertz CT molecular complexity index is 710. The van der Waals surface area contributed by atoms with Crippen LogP contribution >= 0.6 is 0 Å². The van der Waals surface area contributed by atoms with Gasteiger partial charge in [-0.05, 0) is 25.5 Å². The number of carboxylic acid groups (broad SMARTS) is 1. The molecule has 6 nitrogen and oxygen atoms in total. The van der Waals surface area contributed by atoms with Gasteiger partial charge in [-0.2, -0.15) is 0 Å². The number of likely N-dealkylation sites (tertiary alicyclic amines) is 1. The van der Waals surface area contributed by atoms with E-state index in [2.05, 4.69) is 4.98 Å². The summed E-state index contributed by atoms with van der Waals surface area (Å²) in [6, 6.07) is 9.30. The van der Waals surface area contributed by atoms with Crippen LogP contribution in [0.1, 0.15) is 23.8 Å². The minimum Gasteiger partial charge on any atom is -0.481 e. The first kappa shape index (κ1) is 14.3. The zero-order valence-electron chi connectivity index (χ0n) is 12.2. The predicted octanol–water partition coefficient (Wildman–Crippen LogP) is 2.28. The van der Waals surface area contributed by atoms with Crippen molar-refractivity contribution in [3.63, 3.8) is 0 Å². The first-order valence-corrected chi connectivity index (χ1v) is 7.03. The largest absolute Gasteiger partial charge is 0.481 e. The molecule has 0 spiro atoms. The lowest BCUT2D eigenvalue weighted by Crippen LogP contribution is -2.35. The second kappa shape index (κ2) is 5.29. The zero-order chi connectivity index (χ0) is 15.7. The number of carbonyl (C=O) groups excluding carboxylic acids is 1. The van der Waals surface area contributed by atoms with E-state index in [4.69, 9.17) is 4.42 Å². The summed E-state index contributed by atoms with van der Waals surface area (Å²) in [7, 11) is 0. The first-order valence-electron chi connectivity index (χ1n) is 7.03. The highest BCUT2D eigenvalue weighted by Crippen LogP contribution is 2.31. The summed E-state index contributed by atoms with van der Waals surface area (Å²) in [6.45, 7) is 2.25. The van der Waals surface area contributed by atoms with E-state index >= 15 is 0 Å². The van der Waals surface area contributed by atoms with E-state index in [-0.39, 0.29) is 18.1 Å². The molecule has 0 radical (unpaired) electrons. The van der Waals surface area contributed by atoms with Gasteiger partial charge in [-0.3, -0.25) is 9.59 Å². The molecule has 1 fully saturated rings. The molecule has 2 aromatic rings. The van der Waals surface area contributed by atoms with Crippen LogP contribution in [0.25, 0.3) is 11.5 Å². The monoisotopic (exact) mass is 300 g/mol. The maximum atomic E-state index is 12.4. The lowest BCUT2D eigenvalue weighted by Gasteiger charge is -2.19. The minimum atomic E-state index is -0.887. The summed E-state index contributed by atoms with van der Waals surface area (Å²) in [6.07, 6.45) is 1.76. The number of benzene rings is 1. The van der Waals surface area contributed by atoms with Gasteiger partial charge in [0.2, 0.25) is 5.89 Å². The summed E-state index contributed by atoms with van der Waals surface area (Å²) in [5.74, 6) is -0.798. The van der Waals surface area contributed by atoms with Crippen LogP contribution in [-0.2, 0) is 4.79 Å². The van der Waals surface area contributed by atoms with Crippen molar-refractivity contribution in [2.75, 3.05) is 13.1 Å². The van der Waals surface area contributed by atoms with Crippen LogP contribution in [0.4, 0.5) is 0 Å². The third-order valence-corrected chi connectivity index (χ3v) is 4.02. The van der Waals surface area contributed by atoms with Crippen molar-refractivity contribution in [1.82, 2.24) is 9.88 Å². The molecule has 3 rings (SSSR count). The minimum absolute atomic E-state index is 0.189. The topological polar surface area (TPSA) is 83.6 Å². The number of hydrogen-bond donors (Lipinski definition) is 1. The van der Waals surface area contributed by atoms with E-state index in [0.717, 1.165) is 5.56 Å². The highest BCUT2D eigenvalue weighted by atomic mass is 16.4. The SMILES string of the molecule is C[C@]1(C(=O)O)CCN(C(=O)c2coc(-c3ccccc3)n2)C1. The number of nitrogens with zero attached hydrogens (tertiary/aromatic N) is 2. The Morgan fingerprint density at radius 2 is 2.05 bits per heavy atom. The van der Waals surface area contributed by atoms with E-state index < -0.39 is 11.4 Å². The fourth-order valence-electron chi connectivity index (χ4n) is 2.56. The molecule has 1 aromatic carbocycles. The van der Waals surface area contributed by atoms with E-state index in [1.165, 1.54) is 11.2 Å². The fraction of sp³-hybridized carbons (Fsp3) is 0.312. The van der Waals surface area contributed by atoms with E-state index in [9.17, 15) is 14.7 Å². The van der Waals surface area contributed by atoms with Gasteiger partial charge in [-0.25, -0.2) is 4.98 Å². The number of hydrogen-bond acceptors (Lipinski definition) is 4. The van der Waals surface area contributed by atoms with Gasteiger partial charge < -0.3 is 14.4 Å². The Hall–Kier alpha value is -2.63. The molecule has 6 heteroatoms. The molecule has 1 atom stereocenters. The van der Waals surface area contributed by atoms with Crippen molar-refractivity contribution in [3.05, 3.63) is 42.3 Å². The number of carbonyl (C=O) groups is 2. The first-order chi connectivity index (χ1) is 10.5. The molecular weight excluding hydrogens is 284 g/mol. The van der Waals surface area contributed by atoms with Crippen molar-refractivity contribution in [2.45, 2.75) is 13.3 Å². The molecule has 0 bridgehead atoms. The van der Waals surface area contributed by atoms with Crippen LogP contribution in [0.3, 0.4) is 0 Å². The molecule has 22 heavy (non-hydrogen) atoms. The van der Waals surface area contributed by atoms with Gasteiger partial charge in [-0.15, -0.1) is 0 Å². The second-order valence-electron chi connectivity index (χ2n) is 5.75. The lowest BCUT2D eigenvalue weighted by molar-refractivity contribution is -0.147. The zero-order valence-corrected chi connectivity index (χ0v) is 12.2. The van der Waals surface area contributed by atoms with Crippen molar-refractivity contribution in [3.8, 4) is 11.5 Å². The van der Waals surface area contributed by atoms with Gasteiger partial charge in [0.05, 0.1) is 5.41 Å². The van der Waals surface area contributed by atoms with Gasteiger partial charge in [0.25, 0.3) is 5.91 Å². The van der Waals surface area contributed by atoms with E-state index in [1.807, 2.05) is 30.3 Å². The summed E-state index contributed by atoms with van der Waals surface area (Å²) in [5, 5.41) is 9.22. The van der Waals surface area contributed by atoms with Crippen LogP contribution in [-0.4, -0.2) is 40.0 Å². The van der Waals surface area contributed by atoms with Gasteiger partial charge in [0.1, 0.15) is 6.26 Å². The molecule has 1 aliphatic heterocycles. The summed E-state index contributed by atoms with van der Waals surface area (Å²) < 4.78 is 5.36. The van der Waals surface area contributed by atoms with E-state index in [1.54, 1.807) is 6.92 Å². The van der Waals surface area contributed by atoms with Crippen LogP contribution in [0.2, 0.25) is 0 Å². The average molecular weight is 300 g/mol. The van der Waals surface area contributed by atoms with Crippen molar-refractivity contribution < 1.29 is 19.1 Å². The molecule has 2 heterocycles. The van der Waals surface area contributed by atoms with Gasteiger partial charge >= 0.3 is 5.97 Å². The van der Waals surface area contributed by atoms with Gasteiger partial charge in [0, 0.05) is 18.7 Å². The highest BCUT2D eigenvalue weighted by molar-refractivity contribution is 5.93. The molecule has 1 saturated heterocycles. The Morgan fingerprint density at radius 3 is 2.68 bits per heavy atom. The third kappa shape index (κ3) is 2.47. The molecule has 1 aromatic heterocycles. The maximum absolute atomic E-state index is 12.4. The number of oxazole rings is 1. The van der Waals surface area contributed by atoms with Crippen molar-refractivity contribution in [1.29, 1.82) is 0 Å². The van der Waals surface area contributed by atoms with Crippen LogP contribution in [0, 0.1) is 5.41 Å².